The van der Waals surface area contributed by atoms with Gasteiger partial charge in [-0.1, -0.05) is 23.4 Å². The van der Waals surface area contributed by atoms with Crippen LogP contribution in [0.25, 0.3) is 11.0 Å². The number of carboxylic acid groups (broad SMARTS) is 1. The standard InChI is InChI=1S/C15H13FN4O2/c1-8-4-2-3-5-10(8)17-14-9(7-12(21)22)6-11-15(13(14)16)19-20-18-11/h2-6,17H,7H2,1H3,(H,21,22)(H,18,19,20). The molecule has 0 bridgehead atoms. The predicted molar refractivity (Wildman–Crippen MR) is 79.6 cm³/mol. The summed E-state index contributed by atoms with van der Waals surface area (Å²) in [6, 6.07) is 8.90. The molecule has 1 heterocycles. The van der Waals surface area contributed by atoms with E-state index in [0.29, 0.717) is 16.8 Å². The van der Waals surface area contributed by atoms with Gasteiger partial charge < -0.3 is 10.4 Å². The van der Waals surface area contributed by atoms with Crippen molar-refractivity contribution in [2.24, 2.45) is 0 Å². The summed E-state index contributed by atoms with van der Waals surface area (Å²) in [5.74, 6) is -1.64. The summed E-state index contributed by atoms with van der Waals surface area (Å²) in [6.45, 7) is 1.88. The molecule has 112 valence electrons. The number of para-hydroxylation sites is 1. The highest BCUT2D eigenvalue weighted by atomic mass is 19.1. The highest BCUT2D eigenvalue weighted by Crippen LogP contribution is 2.30. The van der Waals surface area contributed by atoms with Crippen molar-refractivity contribution >= 4 is 28.4 Å². The van der Waals surface area contributed by atoms with Crippen molar-refractivity contribution in [1.29, 1.82) is 0 Å². The van der Waals surface area contributed by atoms with Crippen LogP contribution in [0.3, 0.4) is 0 Å². The molecule has 3 aromatic rings. The molecular weight excluding hydrogens is 287 g/mol. The van der Waals surface area contributed by atoms with E-state index in [1.165, 1.54) is 6.07 Å². The lowest BCUT2D eigenvalue weighted by Crippen LogP contribution is -2.06. The number of aromatic nitrogens is 3. The van der Waals surface area contributed by atoms with Crippen molar-refractivity contribution in [2.45, 2.75) is 13.3 Å². The molecule has 0 aliphatic rings. The van der Waals surface area contributed by atoms with E-state index in [4.69, 9.17) is 5.11 Å². The van der Waals surface area contributed by atoms with E-state index in [2.05, 4.69) is 20.7 Å². The Bertz CT molecular complexity index is 860. The van der Waals surface area contributed by atoms with Crippen molar-refractivity contribution in [3.8, 4) is 0 Å². The smallest absolute Gasteiger partial charge is 0.307 e. The lowest BCUT2D eigenvalue weighted by atomic mass is 10.1. The number of carboxylic acids is 1. The van der Waals surface area contributed by atoms with Gasteiger partial charge in [0.25, 0.3) is 0 Å². The van der Waals surface area contributed by atoms with E-state index in [-0.39, 0.29) is 17.6 Å². The summed E-state index contributed by atoms with van der Waals surface area (Å²) >= 11 is 0. The second-order valence-electron chi connectivity index (χ2n) is 4.94. The first-order chi connectivity index (χ1) is 10.6. The van der Waals surface area contributed by atoms with Crippen LogP contribution in [0.2, 0.25) is 0 Å². The number of carbonyl (C=O) groups is 1. The number of hydrogen-bond donors (Lipinski definition) is 3. The molecule has 7 heteroatoms. The molecule has 0 unspecified atom stereocenters. The Kier molecular flexibility index (Phi) is 3.46. The number of H-pyrrole nitrogens is 1. The van der Waals surface area contributed by atoms with Crippen LogP contribution < -0.4 is 5.32 Å². The van der Waals surface area contributed by atoms with Crippen molar-refractivity contribution in [1.82, 2.24) is 15.4 Å². The number of nitrogens with one attached hydrogen (secondary N) is 2. The van der Waals surface area contributed by atoms with Gasteiger partial charge in [0.2, 0.25) is 0 Å². The van der Waals surface area contributed by atoms with Crippen molar-refractivity contribution in [2.75, 3.05) is 5.32 Å². The third-order valence-electron chi connectivity index (χ3n) is 3.39. The quantitative estimate of drug-likeness (QED) is 0.689. The first-order valence-electron chi connectivity index (χ1n) is 6.63. The van der Waals surface area contributed by atoms with Gasteiger partial charge in [-0.2, -0.15) is 0 Å². The number of aliphatic carboxylic acids is 1. The average molecular weight is 300 g/mol. The Labute approximate surface area is 125 Å². The number of anilines is 2. The van der Waals surface area contributed by atoms with Gasteiger partial charge >= 0.3 is 5.97 Å². The van der Waals surface area contributed by atoms with E-state index in [9.17, 15) is 9.18 Å². The summed E-state index contributed by atoms with van der Waals surface area (Å²) in [6.07, 6.45) is -0.312. The summed E-state index contributed by atoms with van der Waals surface area (Å²) in [5.41, 5.74) is 2.50. The summed E-state index contributed by atoms with van der Waals surface area (Å²) in [4.78, 5) is 11.0. The van der Waals surface area contributed by atoms with Gasteiger partial charge in [-0.3, -0.25) is 9.89 Å². The molecule has 3 rings (SSSR count). The Hall–Kier alpha value is -2.96. The van der Waals surface area contributed by atoms with E-state index in [1.807, 2.05) is 25.1 Å². The fraction of sp³-hybridized carbons (Fsp3) is 0.133. The van der Waals surface area contributed by atoms with E-state index in [1.54, 1.807) is 6.07 Å². The summed E-state index contributed by atoms with van der Waals surface area (Å²) in [5, 5.41) is 21.8. The highest BCUT2D eigenvalue weighted by Gasteiger charge is 2.18. The van der Waals surface area contributed by atoms with Gasteiger partial charge in [-0.05, 0) is 30.2 Å². The lowest BCUT2D eigenvalue weighted by Gasteiger charge is -2.14. The van der Waals surface area contributed by atoms with Crippen LogP contribution in [0.1, 0.15) is 11.1 Å². The second kappa shape index (κ2) is 5.44. The van der Waals surface area contributed by atoms with E-state index in [0.717, 1.165) is 5.56 Å². The van der Waals surface area contributed by atoms with Crippen LogP contribution in [0.4, 0.5) is 15.8 Å². The molecule has 0 saturated carbocycles. The Morgan fingerprint density at radius 2 is 2.18 bits per heavy atom. The number of nitrogens with zero attached hydrogens (tertiary/aromatic N) is 2. The monoisotopic (exact) mass is 300 g/mol. The van der Waals surface area contributed by atoms with Crippen LogP contribution in [0.15, 0.2) is 30.3 Å². The Morgan fingerprint density at radius 1 is 1.41 bits per heavy atom. The second-order valence-corrected chi connectivity index (χ2v) is 4.94. The van der Waals surface area contributed by atoms with E-state index >= 15 is 0 Å². The van der Waals surface area contributed by atoms with Crippen LogP contribution in [0, 0.1) is 12.7 Å². The zero-order valence-corrected chi connectivity index (χ0v) is 11.7. The SMILES string of the molecule is Cc1ccccc1Nc1c(CC(=O)O)cc2nn[nH]c2c1F. The molecule has 0 radical (unpaired) electrons. The first kappa shape index (κ1) is 14.0. The topological polar surface area (TPSA) is 90.9 Å². The van der Waals surface area contributed by atoms with Crippen LogP contribution in [0.5, 0.6) is 0 Å². The zero-order chi connectivity index (χ0) is 15.7. The van der Waals surface area contributed by atoms with Crippen molar-refractivity contribution in [3.05, 3.63) is 47.3 Å². The molecule has 22 heavy (non-hydrogen) atoms. The van der Waals surface area contributed by atoms with Crippen molar-refractivity contribution < 1.29 is 14.3 Å². The molecule has 0 aliphatic heterocycles. The minimum Gasteiger partial charge on any atom is -0.481 e. The maximum Gasteiger partial charge on any atom is 0.307 e. The van der Waals surface area contributed by atoms with Crippen molar-refractivity contribution in [3.63, 3.8) is 0 Å². The normalized spacial score (nSPS) is 10.8. The van der Waals surface area contributed by atoms with Gasteiger partial charge in [0.05, 0.1) is 12.1 Å². The minimum atomic E-state index is -1.05. The predicted octanol–water partition coefficient (Wildman–Crippen LogP) is 2.78. The third-order valence-corrected chi connectivity index (χ3v) is 3.39. The molecule has 0 amide bonds. The highest BCUT2D eigenvalue weighted by molar-refractivity contribution is 5.86. The van der Waals surface area contributed by atoms with Gasteiger partial charge in [-0.15, -0.1) is 5.10 Å². The number of benzene rings is 2. The van der Waals surface area contributed by atoms with Gasteiger partial charge in [0.1, 0.15) is 11.0 Å². The molecule has 0 aliphatic carbocycles. The fourth-order valence-corrected chi connectivity index (χ4v) is 2.29. The van der Waals surface area contributed by atoms with E-state index < -0.39 is 11.8 Å². The van der Waals surface area contributed by atoms with Gasteiger partial charge in [-0.25, -0.2) is 4.39 Å². The number of aryl methyl sites for hydroxylation is 1. The maximum atomic E-state index is 14.7. The number of halogens is 1. The van der Waals surface area contributed by atoms with Crippen LogP contribution in [-0.4, -0.2) is 26.5 Å². The molecule has 0 saturated heterocycles. The number of rotatable bonds is 4. The maximum absolute atomic E-state index is 14.7. The Morgan fingerprint density at radius 3 is 2.91 bits per heavy atom. The number of hydrogen-bond acceptors (Lipinski definition) is 4. The number of aromatic amines is 1. The molecule has 2 aromatic carbocycles. The Balaban J connectivity index is 2.15. The summed E-state index contributed by atoms with van der Waals surface area (Å²) in [7, 11) is 0. The van der Waals surface area contributed by atoms with Crippen LogP contribution >= 0.6 is 0 Å². The largest absolute Gasteiger partial charge is 0.481 e. The molecular formula is C15H13FN4O2. The molecule has 0 fully saturated rings. The summed E-state index contributed by atoms with van der Waals surface area (Å²) < 4.78 is 14.7. The average Bonchev–Trinajstić information content (AvgIpc) is 2.93. The molecule has 1 aromatic heterocycles. The lowest BCUT2D eigenvalue weighted by molar-refractivity contribution is -0.136. The number of fused-ring (bicyclic) bond motifs is 1. The molecule has 3 N–H and O–H groups in total. The molecule has 6 nitrogen and oxygen atoms in total. The molecule has 0 spiro atoms. The third kappa shape index (κ3) is 2.48. The molecule has 0 atom stereocenters. The fourth-order valence-electron chi connectivity index (χ4n) is 2.29. The zero-order valence-electron chi connectivity index (χ0n) is 11.7. The van der Waals surface area contributed by atoms with Crippen LogP contribution in [-0.2, 0) is 11.2 Å². The minimum absolute atomic E-state index is 0.121. The first-order valence-corrected chi connectivity index (χ1v) is 6.63. The van der Waals surface area contributed by atoms with Gasteiger partial charge in [0.15, 0.2) is 5.82 Å². The van der Waals surface area contributed by atoms with Gasteiger partial charge in [0, 0.05) is 5.69 Å².